The fourth-order valence-electron chi connectivity index (χ4n) is 1.32. The van der Waals surface area contributed by atoms with Crippen LogP contribution in [0, 0.1) is 5.82 Å². The molecule has 0 aliphatic carbocycles. The molecule has 0 spiro atoms. The molecular weight excluding hydrogens is 202 g/mol. The summed E-state index contributed by atoms with van der Waals surface area (Å²) in [6, 6.07) is 2.14. The third-order valence-electron chi connectivity index (χ3n) is 2.02. The van der Waals surface area contributed by atoms with Gasteiger partial charge in [-0.1, -0.05) is 0 Å². The van der Waals surface area contributed by atoms with Crippen LogP contribution >= 0.6 is 0 Å². The summed E-state index contributed by atoms with van der Waals surface area (Å²) in [5, 5.41) is 17.5. The lowest BCUT2D eigenvalue weighted by molar-refractivity contribution is 0.425. The van der Waals surface area contributed by atoms with Crippen LogP contribution in [-0.4, -0.2) is 27.1 Å². The summed E-state index contributed by atoms with van der Waals surface area (Å²) in [7, 11) is -1.79. The zero-order chi connectivity index (χ0) is 11.0. The number of rotatable bonds is 1. The van der Waals surface area contributed by atoms with Crippen LogP contribution in [0.5, 0.6) is 0 Å². The Hall–Kier alpha value is -1.73. The molecule has 2 rings (SSSR count). The molecule has 7 heteroatoms. The van der Waals surface area contributed by atoms with Crippen LogP contribution in [-0.2, 0) is 0 Å². The second-order valence-corrected chi connectivity index (χ2v) is 3.00. The van der Waals surface area contributed by atoms with Gasteiger partial charge in [0.25, 0.3) is 5.56 Å². The molecule has 0 aliphatic heterocycles. The lowest BCUT2D eigenvalue weighted by Crippen LogP contribution is -2.30. The first-order chi connectivity index (χ1) is 7.09. The molecule has 0 fully saturated rings. The zero-order valence-electron chi connectivity index (χ0n) is 7.44. The third kappa shape index (κ3) is 1.62. The van der Waals surface area contributed by atoms with Crippen molar-refractivity contribution in [3.63, 3.8) is 0 Å². The van der Waals surface area contributed by atoms with Crippen molar-refractivity contribution in [2.24, 2.45) is 0 Å². The number of halogens is 1. The largest absolute Gasteiger partial charge is 0.488 e. The molecule has 1 aromatic carbocycles. The van der Waals surface area contributed by atoms with E-state index in [4.69, 9.17) is 10.0 Å². The lowest BCUT2D eigenvalue weighted by atomic mass is 9.80. The Morgan fingerprint density at radius 1 is 1.40 bits per heavy atom. The highest BCUT2D eigenvalue weighted by Gasteiger charge is 2.15. The van der Waals surface area contributed by atoms with E-state index in [0.29, 0.717) is 0 Å². The molecule has 0 radical (unpaired) electrons. The van der Waals surface area contributed by atoms with Crippen molar-refractivity contribution < 1.29 is 14.4 Å². The number of hydrogen-bond donors (Lipinski definition) is 3. The van der Waals surface area contributed by atoms with Crippen LogP contribution in [0.3, 0.4) is 0 Å². The highest BCUT2D eigenvalue weighted by molar-refractivity contribution is 6.58. The summed E-state index contributed by atoms with van der Waals surface area (Å²) >= 11 is 0. The summed E-state index contributed by atoms with van der Waals surface area (Å²) in [5.74, 6) is -0.829. The van der Waals surface area contributed by atoms with Gasteiger partial charge in [-0.15, -0.1) is 0 Å². The highest BCUT2D eigenvalue weighted by atomic mass is 19.1. The van der Waals surface area contributed by atoms with E-state index in [2.05, 4.69) is 9.97 Å². The second kappa shape index (κ2) is 3.45. The number of nitrogens with one attached hydrogen (secondary N) is 1. The summed E-state index contributed by atoms with van der Waals surface area (Å²) < 4.78 is 13.4. The van der Waals surface area contributed by atoms with Gasteiger partial charge in [0.1, 0.15) is 11.2 Å². The van der Waals surface area contributed by atoms with Crippen LogP contribution in [0.4, 0.5) is 4.39 Å². The molecule has 2 aromatic rings. The van der Waals surface area contributed by atoms with Crippen LogP contribution in [0.1, 0.15) is 0 Å². The van der Waals surface area contributed by atoms with Crippen molar-refractivity contribution in [2.45, 2.75) is 0 Å². The average molecular weight is 208 g/mol. The molecule has 0 amide bonds. The van der Waals surface area contributed by atoms with Crippen LogP contribution < -0.4 is 11.0 Å². The quantitative estimate of drug-likeness (QED) is 0.510. The van der Waals surface area contributed by atoms with Gasteiger partial charge in [0.05, 0.1) is 11.8 Å². The van der Waals surface area contributed by atoms with Crippen molar-refractivity contribution in [3.8, 4) is 0 Å². The normalized spacial score (nSPS) is 10.6. The predicted molar refractivity (Wildman–Crippen MR) is 52.1 cm³/mol. The van der Waals surface area contributed by atoms with Gasteiger partial charge < -0.3 is 15.0 Å². The summed E-state index contributed by atoms with van der Waals surface area (Å²) in [6.07, 6.45) is 1.12. The van der Waals surface area contributed by atoms with Crippen molar-refractivity contribution in [1.29, 1.82) is 0 Å². The Labute approximate surface area is 83.4 Å². The number of aromatic nitrogens is 2. The van der Waals surface area contributed by atoms with E-state index in [1.807, 2.05) is 0 Å². The number of nitrogens with zero attached hydrogens (tertiary/aromatic N) is 1. The van der Waals surface area contributed by atoms with Gasteiger partial charge in [-0.2, -0.15) is 0 Å². The van der Waals surface area contributed by atoms with E-state index in [0.717, 1.165) is 12.4 Å². The van der Waals surface area contributed by atoms with E-state index in [1.54, 1.807) is 0 Å². The first kappa shape index (κ1) is 9.82. The van der Waals surface area contributed by atoms with E-state index >= 15 is 0 Å². The Kier molecular flexibility index (Phi) is 2.26. The predicted octanol–water partition coefficient (Wildman–Crippen LogP) is -1.26. The van der Waals surface area contributed by atoms with Gasteiger partial charge in [0.15, 0.2) is 0 Å². The van der Waals surface area contributed by atoms with Gasteiger partial charge >= 0.3 is 7.12 Å². The third-order valence-corrected chi connectivity index (χ3v) is 2.02. The van der Waals surface area contributed by atoms with Gasteiger partial charge in [-0.05, 0) is 17.6 Å². The number of hydrogen-bond acceptors (Lipinski definition) is 4. The summed E-state index contributed by atoms with van der Waals surface area (Å²) in [5.41, 5.74) is -0.559. The van der Waals surface area contributed by atoms with Crippen LogP contribution in [0.2, 0.25) is 0 Å². The Morgan fingerprint density at radius 2 is 2.13 bits per heavy atom. The van der Waals surface area contributed by atoms with E-state index in [9.17, 15) is 9.18 Å². The molecule has 1 heterocycles. The van der Waals surface area contributed by atoms with Crippen molar-refractivity contribution in [1.82, 2.24) is 9.97 Å². The molecule has 0 saturated heterocycles. The molecule has 1 aromatic heterocycles. The maximum atomic E-state index is 13.4. The maximum Gasteiger partial charge on any atom is 0.488 e. The van der Waals surface area contributed by atoms with Gasteiger partial charge in [-0.25, -0.2) is 9.37 Å². The molecule has 76 valence electrons. The van der Waals surface area contributed by atoms with Gasteiger partial charge in [0.2, 0.25) is 0 Å². The zero-order valence-corrected chi connectivity index (χ0v) is 7.44. The van der Waals surface area contributed by atoms with E-state index in [-0.39, 0.29) is 16.4 Å². The van der Waals surface area contributed by atoms with Crippen LogP contribution in [0.25, 0.3) is 10.9 Å². The number of fused-ring (bicyclic) bond motifs is 1. The highest BCUT2D eigenvalue weighted by Crippen LogP contribution is 2.08. The number of benzene rings is 1. The topological polar surface area (TPSA) is 86.2 Å². The van der Waals surface area contributed by atoms with Crippen LogP contribution in [0.15, 0.2) is 23.3 Å². The molecule has 0 saturated carbocycles. The smallest absolute Gasteiger partial charge is 0.423 e. The first-order valence-electron chi connectivity index (χ1n) is 4.12. The molecule has 0 aliphatic rings. The molecule has 5 nitrogen and oxygen atoms in total. The average Bonchev–Trinajstić information content (AvgIpc) is 2.17. The fourth-order valence-corrected chi connectivity index (χ4v) is 1.32. The molecule has 3 N–H and O–H groups in total. The molecular formula is C8H6BFN2O3. The SMILES string of the molecule is O=c1[nH]cnc2cc(B(O)O)cc(F)c12. The monoisotopic (exact) mass is 208 g/mol. The van der Waals surface area contributed by atoms with E-state index < -0.39 is 18.5 Å². The van der Waals surface area contributed by atoms with Crippen molar-refractivity contribution >= 4 is 23.5 Å². The van der Waals surface area contributed by atoms with Gasteiger partial charge in [0, 0.05) is 0 Å². The minimum atomic E-state index is -1.79. The van der Waals surface area contributed by atoms with Gasteiger partial charge in [-0.3, -0.25) is 4.79 Å². The van der Waals surface area contributed by atoms with E-state index in [1.165, 1.54) is 6.07 Å². The first-order valence-corrected chi connectivity index (χ1v) is 4.12. The minimum Gasteiger partial charge on any atom is -0.423 e. The Balaban J connectivity index is 2.84. The van der Waals surface area contributed by atoms with Crippen molar-refractivity contribution in [2.75, 3.05) is 0 Å². The standard InChI is InChI=1S/C8H6BFN2O3/c10-5-1-4(9(14)15)2-6-7(5)8(13)12-3-11-6/h1-3,14-15H,(H,11,12,13). The lowest BCUT2D eigenvalue weighted by Gasteiger charge is -2.02. The summed E-state index contributed by atoms with van der Waals surface area (Å²) in [6.45, 7) is 0. The Bertz CT molecular complexity index is 569. The number of aromatic amines is 1. The molecule has 0 atom stereocenters. The van der Waals surface area contributed by atoms with Crippen molar-refractivity contribution in [3.05, 3.63) is 34.6 Å². The minimum absolute atomic E-state index is 0.0434. The molecule has 15 heavy (non-hydrogen) atoms. The maximum absolute atomic E-state index is 13.4. The number of H-pyrrole nitrogens is 1. The Morgan fingerprint density at radius 3 is 2.80 bits per heavy atom. The molecule has 0 bridgehead atoms. The fraction of sp³-hybridized carbons (Fsp3) is 0. The second-order valence-electron chi connectivity index (χ2n) is 3.00. The summed E-state index contributed by atoms with van der Waals surface area (Å²) in [4.78, 5) is 17.2. The molecule has 0 unspecified atom stereocenters.